The maximum absolute atomic E-state index is 13.6. The third-order valence-electron chi connectivity index (χ3n) is 6.28. The maximum Gasteiger partial charge on any atom is 0.410 e. The van der Waals surface area contributed by atoms with Crippen LogP contribution in [0.15, 0.2) is 30.3 Å². The highest BCUT2D eigenvalue weighted by atomic mass is 16.6. The van der Waals surface area contributed by atoms with Crippen molar-refractivity contribution in [2.24, 2.45) is 11.3 Å². The van der Waals surface area contributed by atoms with Crippen molar-refractivity contribution in [1.29, 1.82) is 0 Å². The predicted molar refractivity (Wildman–Crippen MR) is 124 cm³/mol. The van der Waals surface area contributed by atoms with E-state index in [2.05, 4.69) is 12.2 Å². The monoisotopic (exact) mass is 459 g/mol. The molecule has 2 bridgehead atoms. The summed E-state index contributed by atoms with van der Waals surface area (Å²) < 4.78 is 10.9. The zero-order chi connectivity index (χ0) is 24.6. The van der Waals surface area contributed by atoms with Gasteiger partial charge in [0.1, 0.15) is 18.2 Å². The van der Waals surface area contributed by atoms with Gasteiger partial charge in [0, 0.05) is 19.0 Å². The summed E-state index contributed by atoms with van der Waals surface area (Å²) in [5.41, 5.74) is -0.211. The summed E-state index contributed by atoms with van der Waals surface area (Å²) >= 11 is 0. The van der Waals surface area contributed by atoms with Gasteiger partial charge in [-0.25, -0.2) is 9.59 Å². The Kier molecular flexibility index (Phi) is 6.96. The summed E-state index contributed by atoms with van der Waals surface area (Å²) in [5, 5.41) is 2.79. The van der Waals surface area contributed by atoms with E-state index in [1.54, 1.807) is 4.90 Å². The van der Waals surface area contributed by atoms with Crippen LogP contribution in [0.2, 0.25) is 0 Å². The number of fused-ring (bicyclic) bond motifs is 2. The number of nitrogens with zero attached hydrogens (tertiary/aromatic N) is 2. The van der Waals surface area contributed by atoms with Crippen LogP contribution in [0.1, 0.15) is 54.0 Å². The Bertz CT molecular complexity index is 874. The van der Waals surface area contributed by atoms with Gasteiger partial charge in [-0.15, -0.1) is 0 Å². The van der Waals surface area contributed by atoms with Crippen molar-refractivity contribution < 1.29 is 23.9 Å². The predicted octanol–water partition coefficient (Wildman–Crippen LogP) is 3.79. The first-order valence-electron chi connectivity index (χ1n) is 11.6. The van der Waals surface area contributed by atoms with E-state index < -0.39 is 23.2 Å². The first-order valence-corrected chi connectivity index (χ1v) is 11.6. The minimum atomic E-state index is -0.748. The summed E-state index contributed by atoms with van der Waals surface area (Å²) in [6.45, 7) is 14.3. The van der Waals surface area contributed by atoms with Gasteiger partial charge in [-0.05, 0) is 31.7 Å². The molecule has 33 heavy (non-hydrogen) atoms. The van der Waals surface area contributed by atoms with Crippen LogP contribution in [0.25, 0.3) is 0 Å². The number of carbonyl (C=O) groups is 3. The van der Waals surface area contributed by atoms with Crippen LogP contribution in [-0.4, -0.2) is 64.7 Å². The van der Waals surface area contributed by atoms with Crippen molar-refractivity contribution in [3.8, 4) is 0 Å². The SMILES string of the molecule is CC1C2CN(C(=O)C(NC(=O)OCc3ccccc3)C(C)(C)C)C1CN2C(=O)OC(C)(C)C. The number of rotatable bonds is 4. The normalized spacial score (nSPS) is 23.3. The second-order valence-electron chi connectivity index (χ2n) is 11.1. The van der Waals surface area contributed by atoms with Gasteiger partial charge in [-0.1, -0.05) is 58.0 Å². The topological polar surface area (TPSA) is 88.2 Å². The molecule has 182 valence electrons. The summed E-state index contributed by atoms with van der Waals surface area (Å²) in [7, 11) is 0. The Morgan fingerprint density at radius 2 is 1.58 bits per heavy atom. The van der Waals surface area contributed by atoms with E-state index in [0.717, 1.165) is 5.56 Å². The number of benzene rings is 1. The Labute approximate surface area is 196 Å². The van der Waals surface area contributed by atoms with E-state index in [4.69, 9.17) is 9.47 Å². The average Bonchev–Trinajstić information content (AvgIpc) is 3.21. The van der Waals surface area contributed by atoms with Gasteiger partial charge in [-0.3, -0.25) is 4.79 Å². The number of hydrogen-bond acceptors (Lipinski definition) is 5. The van der Waals surface area contributed by atoms with Crippen molar-refractivity contribution in [1.82, 2.24) is 15.1 Å². The number of piperazine rings is 1. The van der Waals surface area contributed by atoms with Crippen molar-refractivity contribution >= 4 is 18.1 Å². The van der Waals surface area contributed by atoms with E-state index in [-0.39, 0.29) is 36.6 Å². The zero-order valence-electron chi connectivity index (χ0n) is 20.8. The number of ether oxygens (including phenoxy) is 2. The highest BCUT2D eigenvalue weighted by molar-refractivity contribution is 5.87. The van der Waals surface area contributed by atoms with Crippen LogP contribution >= 0.6 is 0 Å². The lowest BCUT2D eigenvalue weighted by atomic mass is 9.85. The van der Waals surface area contributed by atoms with Crippen molar-refractivity contribution in [2.45, 2.75) is 78.8 Å². The van der Waals surface area contributed by atoms with Crippen LogP contribution in [0.3, 0.4) is 0 Å². The molecule has 8 nitrogen and oxygen atoms in total. The molecule has 3 amide bonds. The summed E-state index contributed by atoms with van der Waals surface area (Å²) in [5.74, 6) is -0.0190. The standard InChI is InChI=1S/C25H37N3O5/c1-16-18-14-28(23(31)33-25(5,6)7)19(16)13-27(18)21(29)20(24(2,3)4)26-22(30)32-15-17-11-9-8-10-12-17/h8-12,16,18-20H,13-15H2,1-7H3,(H,26,30). The fourth-order valence-corrected chi connectivity index (χ4v) is 4.51. The Morgan fingerprint density at radius 1 is 1.00 bits per heavy atom. The highest BCUT2D eigenvalue weighted by Gasteiger charge is 2.54. The number of carbonyl (C=O) groups excluding carboxylic acids is 3. The van der Waals surface area contributed by atoms with Gasteiger partial charge in [0.15, 0.2) is 0 Å². The van der Waals surface area contributed by atoms with E-state index in [0.29, 0.717) is 13.1 Å². The van der Waals surface area contributed by atoms with Crippen molar-refractivity contribution in [3.05, 3.63) is 35.9 Å². The highest BCUT2D eigenvalue weighted by Crippen LogP contribution is 2.38. The molecule has 0 saturated carbocycles. The van der Waals surface area contributed by atoms with Gasteiger partial charge in [-0.2, -0.15) is 0 Å². The third-order valence-corrected chi connectivity index (χ3v) is 6.28. The number of alkyl carbamates (subject to hydrolysis) is 1. The van der Waals surface area contributed by atoms with Gasteiger partial charge < -0.3 is 24.6 Å². The fraction of sp³-hybridized carbons (Fsp3) is 0.640. The number of amides is 3. The molecule has 4 unspecified atom stereocenters. The minimum Gasteiger partial charge on any atom is -0.445 e. The Hall–Kier alpha value is -2.77. The molecule has 0 aromatic heterocycles. The van der Waals surface area contributed by atoms with E-state index in [1.807, 2.05) is 76.8 Å². The van der Waals surface area contributed by atoms with E-state index in [1.165, 1.54) is 0 Å². The molecule has 3 rings (SSSR count). The minimum absolute atomic E-state index is 0.0977. The molecule has 0 spiro atoms. The summed E-state index contributed by atoms with van der Waals surface area (Å²) in [4.78, 5) is 42.3. The number of hydrogen-bond donors (Lipinski definition) is 1. The van der Waals surface area contributed by atoms with Crippen LogP contribution in [0, 0.1) is 11.3 Å². The molecule has 2 aliphatic heterocycles. The molecule has 4 atom stereocenters. The molecule has 0 radical (unpaired) electrons. The van der Waals surface area contributed by atoms with Crippen molar-refractivity contribution in [2.75, 3.05) is 13.1 Å². The summed E-state index contributed by atoms with van der Waals surface area (Å²) in [6, 6.07) is 8.44. The fourth-order valence-electron chi connectivity index (χ4n) is 4.51. The van der Waals surface area contributed by atoms with E-state index >= 15 is 0 Å². The maximum atomic E-state index is 13.6. The number of nitrogens with one attached hydrogen (secondary N) is 1. The van der Waals surface area contributed by atoms with Gasteiger partial charge >= 0.3 is 12.2 Å². The average molecular weight is 460 g/mol. The second kappa shape index (κ2) is 9.23. The molecule has 1 N–H and O–H groups in total. The van der Waals surface area contributed by atoms with E-state index in [9.17, 15) is 14.4 Å². The van der Waals surface area contributed by atoms with Crippen LogP contribution in [-0.2, 0) is 20.9 Å². The van der Waals surface area contributed by atoms with Gasteiger partial charge in [0.25, 0.3) is 0 Å². The lowest BCUT2D eigenvalue weighted by Gasteiger charge is -2.39. The smallest absolute Gasteiger partial charge is 0.410 e. The van der Waals surface area contributed by atoms with Crippen molar-refractivity contribution in [3.63, 3.8) is 0 Å². The Balaban J connectivity index is 1.65. The van der Waals surface area contributed by atoms with Gasteiger partial charge in [0.05, 0.1) is 12.1 Å². The molecular weight excluding hydrogens is 422 g/mol. The van der Waals surface area contributed by atoms with Crippen LogP contribution < -0.4 is 5.32 Å². The van der Waals surface area contributed by atoms with Gasteiger partial charge in [0.2, 0.25) is 5.91 Å². The molecule has 2 saturated heterocycles. The number of likely N-dealkylation sites (tertiary alicyclic amines) is 2. The molecule has 2 heterocycles. The Morgan fingerprint density at radius 3 is 2.09 bits per heavy atom. The quantitative estimate of drug-likeness (QED) is 0.740. The molecule has 2 fully saturated rings. The second-order valence-corrected chi connectivity index (χ2v) is 11.1. The van der Waals surface area contributed by atoms with Crippen LogP contribution in [0.5, 0.6) is 0 Å². The molecule has 8 heteroatoms. The zero-order valence-corrected chi connectivity index (χ0v) is 20.8. The largest absolute Gasteiger partial charge is 0.445 e. The first-order chi connectivity index (χ1) is 15.3. The third kappa shape index (κ3) is 5.78. The first kappa shape index (κ1) is 24.9. The molecule has 1 aromatic carbocycles. The summed E-state index contributed by atoms with van der Waals surface area (Å²) in [6.07, 6.45) is -0.969. The molecule has 0 aliphatic carbocycles. The lowest BCUT2D eigenvalue weighted by Crippen LogP contribution is -2.59. The molecular formula is C25H37N3O5. The molecule has 2 aliphatic rings. The lowest BCUT2D eigenvalue weighted by molar-refractivity contribution is -0.138. The van der Waals surface area contributed by atoms with Crippen LogP contribution in [0.4, 0.5) is 9.59 Å². The molecule has 1 aromatic rings.